The maximum absolute atomic E-state index is 11.6. The molecule has 0 aliphatic rings. The zero-order chi connectivity index (χ0) is 15.8. The van der Waals surface area contributed by atoms with E-state index in [4.69, 9.17) is 5.11 Å². The van der Waals surface area contributed by atoms with Gasteiger partial charge in [0.2, 0.25) is 11.8 Å². The number of nitrogens with one attached hydrogen (secondary N) is 2. The quantitative estimate of drug-likeness (QED) is 0.626. The van der Waals surface area contributed by atoms with Crippen LogP contribution in [-0.2, 0) is 14.4 Å². The van der Waals surface area contributed by atoms with Crippen molar-refractivity contribution in [2.24, 2.45) is 5.41 Å². The molecular formula is C14H26N2O4. The Bertz CT molecular complexity index is 348. The van der Waals surface area contributed by atoms with Crippen LogP contribution in [0.5, 0.6) is 0 Å². The molecule has 0 aliphatic heterocycles. The molecule has 116 valence electrons. The molecular weight excluding hydrogens is 260 g/mol. The van der Waals surface area contributed by atoms with Crippen molar-refractivity contribution in [3.05, 3.63) is 0 Å². The van der Waals surface area contributed by atoms with Crippen LogP contribution in [-0.4, -0.2) is 35.5 Å². The lowest BCUT2D eigenvalue weighted by molar-refractivity contribution is -0.142. The second-order valence-corrected chi connectivity index (χ2v) is 6.08. The van der Waals surface area contributed by atoms with Gasteiger partial charge in [-0.15, -0.1) is 0 Å². The average Bonchev–Trinajstić information content (AvgIpc) is 2.30. The Morgan fingerprint density at radius 1 is 1.15 bits per heavy atom. The Kier molecular flexibility index (Phi) is 7.87. The number of amides is 2. The predicted octanol–water partition coefficient (Wildman–Crippen LogP) is 1.30. The second-order valence-electron chi connectivity index (χ2n) is 6.08. The number of hydrogen-bond donors (Lipinski definition) is 3. The minimum atomic E-state index is -1.05. The van der Waals surface area contributed by atoms with E-state index in [1.165, 1.54) is 0 Å². The molecule has 2 amide bonds. The van der Waals surface area contributed by atoms with Crippen molar-refractivity contribution in [3.63, 3.8) is 0 Å². The molecule has 20 heavy (non-hydrogen) atoms. The SMILES string of the molecule is CCCC(=O)NCC(=O)NC(CCC(C)(C)C)C(=O)O. The molecule has 0 rings (SSSR count). The lowest BCUT2D eigenvalue weighted by Crippen LogP contribution is -2.45. The maximum atomic E-state index is 11.6. The van der Waals surface area contributed by atoms with Gasteiger partial charge < -0.3 is 15.7 Å². The first-order chi connectivity index (χ1) is 9.15. The summed E-state index contributed by atoms with van der Waals surface area (Å²) >= 11 is 0. The van der Waals surface area contributed by atoms with Crippen LogP contribution in [0.2, 0.25) is 0 Å². The molecule has 1 atom stereocenters. The van der Waals surface area contributed by atoms with Gasteiger partial charge >= 0.3 is 5.97 Å². The van der Waals surface area contributed by atoms with E-state index in [2.05, 4.69) is 10.6 Å². The van der Waals surface area contributed by atoms with Crippen LogP contribution in [0.3, 0.4) is 0 Å². The minimum absolute atomic E-state index is 0.00771. The van der Waals surface area contributed by atoms with E-state index in [9.17, 15) is 14.4 Å². The smallest absolute Gasteiger partial charge is 0.326 e. The van der Waals surface area contributed by atoms with Crippen LogP contribution in [0.4, 0.5) is 0 Å². The third kappa shape index (κ3) is 9.35. The van der Waals surface area contributed by atoms with Gasteiger partial charge in [-0.05, 0) is 24.7 Å². The van der Waals surface area contributed by atoms with Gasteiger partial charge in [-0.1, -0.05) is 27.7 Å². The fraction of sp³-hybridized carbons (Fsp3) is 0.786. The zero-order valence-electron chi connectivity index (χ0n) is 12.8. The highest BCUT2D eigenvalue weighted by Crippen LogP contribution is 2.21. The largest absolute Gasteiger partial charge is 0.480 e. The average molecular weight is 286 g/mol. The molecule has 0 aliphatic carbocycles. The first-order valence-electron chi connectivity index (χ1n) is 6.94. The van der Waals surface area contributed by atoms with E-state index in [0.717, 1.165) is 0 Å². The lowest BCUT2D eigenvalue weighted by Gasteiger charge is -2.21. The fourth-order valence-corrected chi connectivity index (χ4v) is 1.57. The summed E-state index contributed by atoms with van der Waals surface area (Å²) in [5, 5.41) is 14.0. The van der Waals surface area contributed by atoms with E-state index in [1.807, 2.05) is 27.7 Å². The van der Waals surface area contributed by atoms with Gasteiger partial charge in [-0.2, -0.15) is 0 Å². The van der Waals surface area contributed by atoms with Gasteiger partial charge in [-0.25, -0.2) is 4.79 Å². The van der Waals surface area contributed by atoms with Gasteiger partial charge in [0, 0.05) is 6.42 Å². The summed E-state index contributed by atoms with van der Waals surface area (Å²) < 4.78 is 0. The van der Waals surface area contributed by atoms with Gasteiger partial charge in [0.25, 0.3) is 0 Å². The Balaban J connectivity index is 4.21. The highest BCUT2D eigenvalue weighted by Gasteiger charge is 2.22. The molecule has 0 bridgehead atoms. The molecule has 0 aromatic rings. The lowest BCUT2D eigenvalue weighted by atomic mass is 9.88. The van der Waals surface area contributed by atoms with Crippen LogP contribution in [0.15, 0.2) is 0 Å². The highest BCUT2D eigenvalue weighted by atomic mass is 16.4. The van der Waals surface area contributed by atoms with Crippen molar-refractivity contribution in [3.8, 4) is 0 Å². The molecule has 0 aromatic carbocycles. The maximum Gasteiger partial charge on any atom is 0.326 e. The molecule has 0 saturated heterocycles. The Morgan fingerprint density at radius 3 is 2.20 bits per heavy atom. The van der Waals surface area contributed by atoms with Crippen molar-refractivity contribution >= 4 is 17.8 Å². The Morgan fingerprint density at radius 2 is 1.75 bits per heavy atom. The van der Waals surface area contributed by atoms with Crippen molar-refractivity contribution in [1.29, 1.82) is 0 Å². The summed E-state index contributed by atoms with van der Waals surface area (Å²) in [7, 11) is 0. The van der Waals surface area contributed by atoms with Crippen molar-refractivity contribution in [1.82, 2.24) is 10.6 Å². The van der Waals surface area contributed by atoms with E-state index in [-0.39, 0.29) is 17.9 Å². The van der Waals surface area contributed by atoms with Crippen molar-refractivity contribution in [2.75, 3.05) is 6.54 Å². The number of aliphatic carboxylic acids is 1. The van der Waals surface area contributed by atoms with E-state index in [1.54, 1.807) is 0 Å². The standard InChI is InChI=1S/C14H26N2O4/c1-5-6-11(17)15-9-12(18)16-10(13(19)20)7-8-14(2,3)4/h10H,5-9H2,1-4H3,(H,15,17)(H,16,18)(H,19,20). The number of rotatable bonds is 8. The second kappa shape index (κ2) is 8.55. The Labute approximate surface area is 120 Å². The first kappa shape index (κ1) is 18.4. The number of carbonyl (C=O) groups excluding carboxylic acids is 2. The zero-order valence-corrected chi connectivity index (χ0v) is 12.8. The third-order valence-electron chi connectivity index (χ3n) is 2.74. The Hall–Kier alpha value is -1.59. The topological polar surface area (TPSA) is 95.5 Å². The van der Waals surface area contributed by atoms with Gasteiger partial charge in [0.1, 0.15) is 6.04 Å². The van der Waals surface area contributed by atoms with Crippen LogP contribution in [0.25, 0.3) is 0 Å². The molecule has 0 aromatic heterocycles. The monoisotopic (exact) mass is 286 g/mol. The summed E-state index contributed by atoms with van der Waals surface area (Å²) in [5.74, 6) is -1.73. The third-order valence-corrected chi connectivity index (χ3v) is 2.74. The van der Waals surface area contributed by atoms with Crippen LogP contribution in [0, 0.1) is 5.41 Å². The molecule has 0 fully saturated rings. The number of carbonyl (C=O) groups is 3. The summed E-state index contributed by atoms with van der Waals surface area (Å²) in [6, 6.07) is -0.912. The highest BCUT2D eigenvalue weighted by molar-refractivity contribution is 5.87. The molecule has 0 heterocycles. The van der Waals surface area contributed by atoms with Gasteiger partial charge in [0.15, 0.2) is 0 Å². The van der Waals surface area contributed by atoms with E-state index < -0.39 is 17.9 Å². The summed E-state index contributed by atoms with van der Waals surface area (Å²) in [4.78, 5) is 33.9. The number of carboxylic acid groups (broad SMARTS) is 1. The normalized spacial score (nSPS) is 12.6. The molecule has 0 radical (unpaired) electrons. The summed E-state index contributed by atoms with van der Waals surface area (Å²) in [6.45, 7) is 7.72. The van der Waals surface area contributed by atoms with Gasteiger partial charge in [-0.3, -0.25) is 9.59 Å². The molecule has 0 saturated carbocycles. The number of carboxylic acids is 1. The first-order valence-corrected chi connectivity index (χ1v) is 6.94. The van der Waals surface area contributed by atoms with Crippen LogP contribution >= 0.6 is 0 Å². The molecule has 1 unspecified atom stereocenters. The molecule has 0 spiro atoms. The molecule has 6 nitrogen and oxygen atoms in total. The minimum Gasteiger partial charge on any atom is -0.480 e. The summed E-state index contributed by atoms with van der Waals surface area (Å²) in [5.41, 5.74) is 0.00771. The molecule has 6 heteroatoms. The predicted molar refractivity (Wildman–Crippen MR) is 76.2 cm³/mol. The van der Waals surface area contributed by atoms with Crippen LogP contribution < -0.4 is 10.6 Å². The van der Waals surface area contributed by atoms with E-state index >= 15 is 0 Å². The van der Waals surface area contributed by atoms with Crippen molar-refractivity contribution < 1.29 is 19.5 Å². The summed E-state index contributed by atoms with van der Waals surface area (Å²) in [6.07, 6.45) is 2.12. The number of hydrogen-bond acceptors (Lipinski definition) is 3. The van der Waals surface area contributed by atoms with Gasteiger partial charge in [0.05, 0.1) is 6.54 Å². The molecule has 3 N–H and O–H groups in total. The fourth-order valence-electron chi connectivity index (χ4n) is 1.57. The van der Waals surface area contributed by atoms with Crippen LogP contribution in [0.1, 0.15) is 53.4 Å². The van der Waals surface area contributed by atoms with E-state index in [0.29, 0.717) is 25.7 Å². The van der Waals surface area contributed by atoms with Crippen molar-refractivity contribution in [2.45, 2.75) is 59.4 Å².